The minimum atomic E-state index is 0.738. The van der Waals surface area contributed by atoms with Gasteiger partial charge in [0, 0.05) is 18.8 Å². The highest BCUT2D eigenvalue weighted by molar-refractivity contribution is 5.64. The second-order valence-corrected chi connectivity index (χ2v) is 3.91. The molecule has 0 spiro atoms. The molecule has 14 heavy (non-hydrogen) atoms. The van der Waals surface area contributed by atoms with Gasteiger partial charge in [-0.15, -0.1) is 0 Å². The minimum absolute atomic E-state index is 0.738. The van der Waals surface area contributed by atoms with Crippen LogP contribution in [0.15, 0.2) is 12.4 Å². The highest BCUT2D eigenvalue weighted by atomic mass is 15.0. The zero-order valence-corrected chi connectivity index (χ0v) is 7.90. The molecule has 3 rings (SSSR count). The van der Waals surface area contributed by atoms with E-state index in [2.05, 4.69) is 19.9 Å². The Kier molecular flexibility index (Phi) is 1.72. The molecule has 0 radical (unpaired) electrons. The Bertz CT molecular complexity index is 411. The topological polar surface area (TPSA) is 54.5 Å². The summed E-state index contributed by atoms with van der Waals surface area (Å²) in [5.41, 5.74) is 1.55. The largest absolute Gasteiger partial charge is 0.325 e. The Morgan fingerprint density at radius 2 is 2.14 bits per heavy atom. The van der Waals surface area contributed by atoms with Gasteiger partial charge in [-0.3, -0.25) is 0 Å². The average Bonchev–Trinajstić information content (AvgIpc) is 2.53. The van der Waals surface area contributed by atoms with Crippen molar-refractivity contribution in [2.24, 2.45) is 5.92 Å². The van der Waals surface area contributed by atoms with Crippen molar-refractivity contribution in [3.63, 3.8) is 0 Å². The van der Waals surface area contributed by atoms with E-state index in [1.807, 2.05) is 0 Å². The molecule has 0 aromatic carbocycles. The molecule has 72 valence electrons. The summed E-state index contributed by atoms with van der Waals surface area (Å²) in [7, 11) is 0. The second-order valence-electron chi connectivity index (χ2n) is 3.91. The summed E-state index contributed by atoms with van der Waals surface area (Å²) in [6, 6.07) is 0. The molecule has 1 fully saturated rings. The number of fused-ring (bicyclic) bond motifs is 1. The van der Waals surface area contributed by atoms with Crippen molar-refractivity contribution in [3.8, 4) is 0 Å². The molecule has 0 amide bonds. The quantitative estimate of drug-likeness (QED) is 0.780. The third-order valence-electron chi connectivity index (χ3n) is 2.89. The van der Waals surface area contributed by atoms with Gasteiger partial charge in [-0.05, 0) is 5.92 Å². The molecule has 0 saturated heterocycles. The minimum Gasteiger partial charge on any atom is -0.325 e. The monoisotopic (exact) mass is 188 g/mol. The highest BCUT2D eigenvalue weighted by Crippen LogP contribution is 2.29. The maximum Gasteiger partial charge on any atom is 0.197 e. The van der Waals surface area contributed by atoms with Crippen LogP contribution in [0, 0.1) is 5.92 Å². The van der Waals surface area contributed by atoms with Crippen LogP contribution in [0.4, 0.5) is 0 Å². The van der Waals surface area contributed by atoms with E-state index in [-0.39, 0.29) is 0 Å². The van der Waals surface area contributed by atoms with E-state index in [9.17, 15) is 0 Å². The van der Waals surface area contributed by atoms with E-state index in [1.165, 1.54) is 19.3 Å². The summed E-state index contributed by atoms with van der Waals surface area (Å²) in [4.78, 5) is 15.9. The molecule has 2 heterocycles. The van der Waals surface area contributed by atoms with Crippen molar-refractivity contribution in [3.05, 3.63) is 18.2 Å². The maximum absolute atomic E-state index is 4.41. The highest BCUT2D eigenvalue weighted by Gasteiger charge is 2.19. The molecule has 1 aliphatic rings. The van der Waals surface area contributed by atoms with Crippen molar-refractivity contribution in [1.82, 2.24) is 19.9 Å². The van der Waals surface area contributed by atoms with E-state index in [0.717, 1.165) is 29.5 Å². The van der Waals surface area contributed by atoms with Crippen LogP contribution >= 0.6 is 0 Å². The molecular formula is C10H12N4. The van der Waals surface area contributed by atoms with Gasteiger partial charge in [0.25, 0.3) is 0 Å². The first-order valence-corrected chi connectivity index (χ1v) is 5.07. The van der Waals surface area contributed by atoms with Gasteiger partial charge in [-0.2, -0.15) is 0 Å². The SMILES string of the molecule is c1cnc2[nH]c(CC3CCC3)nc2n1. The van der Waals surface area contributed by atoms with Crippen molar-refractivity contribution < 1.29 is 0 Å². The number of aromatic nitrogens is 4. The molecule has 0 bridgehead atoms. The van der Waals surface area contributed by atoms with Gasteiger partial charge in [0.2, 0.25) is 0 Å². The molecule has 0 aliphatic heterocycles. The van der Waals surface area contributed by atoms with Crippen molar-refractivity contribution in [2.45, 2.75) is 25.7 Å². The number of hydrogen-bond donors (Lipinski definition) is 1. The lowest BCUT2D eigenvalue weighted by molar-refractivity contribution is 0.310. The first kappa shape index (κ1) is 7.91. The fourth-order valence-corrected chi connectivity index (χ4v) is 1.86. The molecule has 2 aromatic heterocycles. The molecule has 4 heteroatoms. The number of H-pyrrole nitrogens is 1. The average molecular weight is 188 g/mol. The van der Waals surface area contributed by atoms with Gasteiger partial charge in [-0.25, -0.2) is 15.0 Å². The van der Waals surface area contributed by atoms with E-state index in [4.69, 9.17) is 0 Å². The predicted octanol–water partition coefficient (Wildman–Crippen LogP) is 1.70. The molecule has 1 saturated carbocycles. The fourth-order valence-electron chi connectivity index (χ4n) is 1.86. The zero-order valence-electron chi connectivity index (χ0n) is 7.90. The predicted molar refractivity (Wildman–Crippen MR) is 52.7 cm³/mol. The van der Waals surface area contributed by atoms with Gasteiger partial charge >= 0.3 is 0 Å². The molecule has 4 nitrogen and oxygen atoms in total. The molecule has 1 aliphatic carbocycles. The lowest BCUT2D eigenvalue weighted by atomic mass is 9.83. The van der Waals surface area contributed by atoms with Gasteiger partial charge < -0.3 is 4.98 Å². The lowest BCUT2D eigenvalue weighted by Gasteiger charge is -2.23. The summed E-state index contributed by atoms with van der Waals surface area (Å²) >= 11 is 0. The van der Waals surface area contributed by atoms with Gasteiger partial charge in [-0.1, -0.05) is 19.3 Å². The van der Waals surface area contributed by atoms with Crippen LogP contribution in [-0.2, 0) is 6.42 Å². The van der Waals surface area contributed by atoms with E-state index < -0.39 is 0 Å². The van der Waals surface area contributed by atoms with E-state index in [0.29, 0.717) is 0 Å². The van der Waals surface area contributed by atoms with Crippen LogP contribution in [0.1, 0.15) is 25.1 Å². The van der Waals surface area contributed by atoms with Crippen molar-refractivity contribution in [1.29, 1.82) is 0 Å². The summed E-state index contributed by atoms with van der Waals surface area (Å²) in [5, 5.41) is 0. The summed E-state index contributed by atoms with van der Waals surface area (Å²) in [5.74, 6) is 1.87. The third kappa shape index (κ3) is 1.27. The van der Waals surface area contributed by atoms with Crippen molar-refractivity contribution in [2.75, 3.05) is 0 Å². The lowest BCUT2D eigenvalue weighted by Crippen LogP contribution is -2.14. The van der Waals surface area contributed by atoms with Crippen LogP contribution in [0.3, 0.4) is 0 Å². The summed E-state index contributed by atoms with van der Waals surface area (Å²) in [6.07, 6.45) is 8.49. The van der Waals surface area contributed by atoms with Crippen LogP contribution in [-0.4, -0.2) is 19.9 Å². The van der Waals surface area contributed by atoms with Crippen LogP contribution < -0.4 is 0 Å². The standard InChI is InChI=1S/C10H12N4/c1-2-7(3-1)6-8-13-9-10(14-8)12-5-4-11-9/h4-5,7H,1-3,6H2,(H,11,12,13,14). The first-order chi connectivity index (χ1) is 6.92. The number of nitrogens with one attached hydrogen (secondary N) is 1. The normalized spacial score (nSPS) is 17.1. The van der Waals surface area contributed by atoms with Crippen LogP contribution in [0.25, 0.3) is 11.3 Å². The summed E-state index contributed by atoms with van der Waals surface area (Å²) in [6.45, 7) is 0. The molecule has 0 atom stereocenters. The number of rotatable bonds is 2. The Morgan fingerprint density at radius 3 is 2.86 bits per heavy atom. The number of nitrogens with zero attached hydrogens (tertiary/aromatic N) is 3. The van der Waals surface area contributed by atoms with E-state index in [1.54, 1.807) is 12.4 Å². The van der Waals surface area contributed by atoms with Crippen LogP contribution in [0.5, 0.6) is 0 Å². The van der Waals surface area contributed by atoms with Gasteiger partial charge in [0.1, 0.15) is 5.82 Å². The molecule has 1 N–H and O–H groups in total. The molecule has 2 aromatic rings. The third-order valence-corrected chi connectivity index (χ3v) is 2.89. The van der Waals surface area contributed by atoms with E-state index >= 15 is 0 Å². The van der Waals surface area contributed by atoms with Crippen molar-refractivity contribution >= 4 is 11.3 Å². The number of hydrogen-bond acceptors (Lipinski definition) is 3. The van der Waals surface area contributed by atoms with Crippen LogP contribution in [0.2, 0.25) is 0 Å². The smallest absolute Gasteiger partial charge is 0.197 e. The fraction of sp³-hybridized carbons (Fsp3) is 0.500. The Balaban J connectivity index is 1.89. The second kappa shape index (κ2) is 3.04. The number of aromatic amines is 1. The summed E-state index contributed by atoms with van der Waals surface area (Å²) < 4.78 is 0. The van der Waals surface area contributed by atoms with Gasteiger partial charge in [0.05, 0.1) is 0 Å². The first-order valence-electron chi connectivity index (χ1n) is 5.07. The Morgan fingerprint density at radius 1 is 1.29 bits per heavy atom. The molecular weight excluding hydrogens is 176 g/mol. The van der Waals surface area contributed by atoms with Gasteiger partial charge in [0.15, 0.2) is 11.3 Å². The maximum atomic E-state index is 4.41. The Labute approximate surface area is 81.8 Å². The zero-order chi connectivity index (χ0) is 9.38. The Hall–Kier alpha value is -1.45. The number of imidazole rings is 1. The molecule has 0 unspecified atom stereocenters.